The molecule has 0 amide bonds. The van der Waals surface area contributed by atoms with Gasteiger partial charge in [0.2, 0.25) is 0 Å². The van der Waals surface area contributed by atoms with Gasteiger partial charge in [-0.2, -0.15) is 0 Å². The summed E-state index contributed by atoms with van der Waals surface area (Å²) < 4.78 is 11.5. The van der Waals surface area contributed by atoms with Crippen LogP contribution in [-0.2, 0) is 21.4 Å². The van der Waals surface area contributed by atoms with Crippen LogP contribution in [0.5, 0.6) is 11.5 Å². The highest BCUT2D eigenvalue weighted by atomic mass is 16.6. The Morgan fingerprint density at radius 2 is 2.36 bits per heavy atom. The maximum atomic E-state index is 11.4. The van der Waals surface area contributed by atoms with Crippen molar-refractivity contribution in [1.82, 2.24) is 0 Å². The van der Waals surface area contributed by atoms with Gasteiger partial charge in [0, 0.05) is 18.9 Å². The number of esters is 1. The van der Waals surface area contributed by atoms with Gasteiger partial charge in [0.1, 0.15) is 12.4 Å². The van der Waals surface area contributed by atoms with Crippen molar-refractivity contribution in [2.45, 2.75) is 50.5 Å². The zero-order valence-corrected chi connectivity index (χ0v) is 12.6. The number of benzene rings is 1. The molecule has 2 atom stereocenters. The average molecular weight is 298 g/mol. The molecule has 0 N–H and O–H groups in total. The molecule has 4 nitrogen and oxygen atoms in total. The second kappa shape index (κ2) is 4.70. The summed E-state index contributed by atoms with van der Waals surface area (Å²) in [5.41, 5.74) is 3.25. The van der Waals surface area contributed by atoms with Gasteiger partial charge in [0.25, 0.3) is 0 Å². The minimum atomic E-state index is -0.356. The Labute approximate surface area is 129 Å². The summed E-state index contributed by atoms with van der Waals surface area (Å²) in [5.74, 6) is 0.796. The molecular weight excluding hydrogens is 280 g/mol. The van der Waals surface area contributed by atoms with Gasteiger partial charge in [0.05, 0.1) is 5.41 Å². The van der Waals surface area contributed by atoms with Crippen molar-refractivity contribution in [2.75, 3.05) is 0 Å². The van der Waals surface area contributed by atoms with Crippen LogP contribution in [0.3, 0.4) is 0 Å². The number of hydrogen-bond acceptors (Lipinski definition) is 4. The second-order valence-corrected chi connectivity index (χ2v) is 6.29. The molecule has 1 aromatic rings. The van der Waals surface area contributed by atoms with Gasteiger partial charge in [-0.25, -0.2) is 0 Å². The summed E-state index contributed by atoms with van der Waals surface area (Å²) in [4.78, 5) is 22.7. The Morgan fingerprint density at radius 1 is 1.50 bits per heavy atom. The first-order valence-electron chi connectivity index (χ1n) is 7.81. The summed E-state index contributed by atoms with van der Waals surface area (Å²) in [5, 5.41) is 0. The van der Waals surface area contributed by atoms with Crippen LogP contribution < -0.4 is 9.47 Å². The molecule has 0 saturated heterocycles. The van der Waals surface area contributed by atoms with Crippen LogP contribution >= 0.6 is 0 Å². The van der Waals surface area contributed by atoms with Crippen molar-refractivity contribution >= 4 is 12.3 Å². The van der Waals surface area contributed by atoms with E-state index >= 15 is 0 Å². The molecule has 3 aliphatic rings. The van der Waals surface area contributed by atoms with E-state index in [9.17, 15) is 9.59 Å². The van der Waals surface area contributed by atoms with Crippen LogP contribution in [0.15, 0.2) is 23.8 Å². The molecule has 4 heteroatoms. The Bertz CT molecular complexity index is 703. The molecule has 1 aliphatic heterocycles. The van der Waals surface area contributed by atoms with E-state index in [1.165, 1.54) is 18.1 Å². The number of carbonyl (C=O) groups excluding carboxylic acids is 2. The van der Waals surface area contributed by atoms with E-state index in [4.69, 9.17) is 9.47 Å². The third kappa shape index (κ3) is 1.64. The van der Waals surface area contributed by atoms with Crippen molar-refractivity contribution in [3.8, 4) is 11.5 Å². The number of carbonyl (C=O) groups is 2. The van der Waals surface area contributed by atoms with Crippen LogP contribution in [0.2, 0.25) is 0 Å². The lowest BCUT2D eigenvalue weighted by Gasteiger charge is -2.42. The monoisotopic (exact) mass is 298 g/mol. The standard InChI is InChI=1S/C18H18O4/c1-11(20)21-14-8-6-12-5-7-13-3-2-4-15-18(13,9-10-19)16(12)17(14)22-15/h6-8,10,15H,2-5,9H2,1H3/t15-,18+/m0/s1. The number of allylic oxidation sites excluding steroid dienone is 1. The first kappa shape index (κ1) is 13.6. The fraction of sp³-hybridized carbons (Fsp3) is 0.444. The molecule has 114 valence electrons. The second-order valence-electron chi connectivity index (χ2n) is 6.29. The first-order valence-corrected chi connectivity index (χ1v) is 7.81. The fourth-order valence-corrected chi connectivity index (χ4v) is 4.41. The minimum Gasteiger partial charge on any atom is -0.485 e. The van der Waals surface area contributed by atoms with Crippen LogP contribution in [0.4, 0.5) is 0 Å². The molecular formula is C18H18O4. The molecule has 1 saturated carbocycles. The summed E-state index contributed by atoms with van der Waals surface area (Å²) in [6.45, 7) is 1.39. The SMILES string of the molecule is CC(=O)Oc1ccc2c3c1O[C@H]1CCCC(=CC2)[C@@]31CC=O. The number of rotatable bonds is 3. The summed E-state index contributed by atoms with van der Waals surface area (Å²) in [6.07, 6.45) is 7.55. The van der Waals surface area contributed by atoms with Crippen molar-refractivity contribution < 1.29 is 19.1 Å². The molecule has 0 radical (unpaired) electrons. The highest BCUT2D eigenvalue weighted by Crippen LogP contribution is 2.59. The lowest BCUT2D eigenvalue weighted by atomic mass is 9.60. The number of aldehydes is 1. The van der Waals surface area contributed by atoms with Gasteiger partial charge < -0.3 is 14.3 Å². The van der Waals surface area contributed by atoms with Crippen molar-refractivity contribution in [3.63, 3.8) is 0 Å². The molecule has 22 heavy (non-hydrogen) atoms. The lowest BCUT2D eigenvalue weighted by Crippen LogP contribution is -2.44. The number of ether oxygens (including phenoxy) is 2. The maximum Gasteiger partial charge on any atom is 0.308 e. The predicted molar refractivity (Wildman–Crippen MR) is 80.2 cm³/mol. The molecule has 0 spiro atoms. The third-order valence-corrected chi connectivity index (χ3v) is 5.18. The lowest BCUT2D eigenvalue weighted by molar-refractivity contribution is -0.132. The summed E-state index contributed by atoms with van der Waals surface area (Å²) in [6, 6.07) is 3.80. The average Bonchev–Trinajstić information content (AvgIpc) is 2.83. The van der Waals surface area contributed by atoms with Gasteiger partial charge in [-0.3, -0.25) is 4.79 Å². The van der Waals surface area contributed by atoms with E-state index in [1.54, 1.807) is 6.07 Å². The van der Waals surface area contributed by atoms with Crippen LogP contribution in [0.25, 0.3) is 0 Å². The molecule has 1 aromatic carbocycles. The molecule has 1 heterocycles. The number of hydrogen-bond donors (Lipinski definition) is 0. The smallest absolute Gasteiger partial charge is 0.308 e. The minimum absolute atomic E-state index is 0.0246. The summed E-state index contributed by atoms with van der Waals surface area (Å²) in [7, 11) is 0. The van der Waals surface area contributed by atoms with E-state index in [2.05, 4.69) is 6.08 Å². The maximum absolute atomic E-state index is 11.4. The van der Waals surface area contributed by atoms with Crippen LogP contribution in [0, 0.1) is 0 Å². The van der Waals surface area contributed by atoms with Gasteiger partial charge in [-0.15, -0.1) is 0 Å². The summed E-state index contributed by atoms with van der Waals surface area (Å²) >= 11 is 0. The predicted octanol–water partition coefficient (Wildman–Crippen LogP) is 2.87. The van der Waals surface area contributed by atoms with Gasteiger partial charge in [-0.1, -0.05) is 17.7 Å². The van der Waals surface area contributed by atoms with E-state index in [0.29, 0.717) is 17.9 Å². The van der Waals surface area contributed by atoms with Crippen LogP contribution in [-0.4, -0.2) is 18.4 Å². The largest absolute Gasteiger partial charge is 0.485 e. The highest BCUT2D eigenvalue weighted by molar-refractivity contribution is 5.74. The van der Waals surface area contributed by atoms with Crippen molar-refractivity contribution in [1.29, 1.82) is 0 Å². The van der Waals surface area contributed by atoms with Gasteiger partial charge in [0.15, 0.2) is 11.5 Å². The molecule has 0 bridgehead atoms. The Hall–Kier alpha value is -2.10. The zero-order valence-electron chi connectivity index (χ0n) is 12.6. The molecule has 1 fully saturated rings. The van der Waals surface area contributed by atoms with E-state index in [1.807, 2.05) is 6.07 Å². The van der Waals surface area contributed by atoms with Gasteiger partial charge >= 0.3 is 5.97 Å². The topological polar surface area (TPSA) is 52.6 Å². The van der Waals surface area contributed by atoms with E-state index in [-0.39, 0.29) is 17.5 Å². The van der Waals surface area contributed by atoms with E-state index in [0.717, 1.165) is 37.5 Å². The Morgan fingerprint density at radius 3 is 3.14 bits per heavy atom. The Kier molecular flexibility index (Phi) is 2.90. The Balaban J connectivity index is 1.95. The van der Waals surface area contributed by atoms with E-state index < -0.39 is 0 Å². The normalized spacial score (nSPS) is 27.5. The van der Waals surface area contributed by atoms with Crippen molar-refractivity contribution in [2.24, 2.45) is 0 Å². The quantitative estimate of drug-likeness (QED) is 0.373. The van der Waals surface area contributed by atoms with Crippen LogP contribution in [0.1, 0.15) is 43.7 Å². The molecule has 4 rings (SSSR count). The highest BCUT2D eigenvalue weighted by Gasteiger charge is 2.55. The molecule has 0 aromatic heterocycles. The molecule has 0 unspecified atom stereocenters. The van der Waals surface area contributed by atoms with Crippen molar-refractivity contribution in [3.05, 3.63) is 34.9 Å². The van der Waals surface area contributed by atoms with Gasteiger partial charge in [-0.05, 0) is 37.3 Å². The first-order chi connectivity index (χ1) is 10.7. The molecule has 2 aliphatic carbocycles. The third-order valence-electron chi connectivity index (χ3n) is 5.18. The zero-order chi connectivity index (χ0) is 15.3. The fourth-order valence-electron chi connectivity index (χ4n) is 4.41.